The fourth-order valence-corrected chi connectivity index (χ4v) is 1.88. The monoisotopic (exact) mass is 259 g/mol. The number of hydrogen-bond acceptors (Lipinski definition) is 3. The second-order valence-corrected chi connectivity index (χ2v) is 4.85. The Hall–Kier alpha value is -2.17. The molecule has 0 saturated carbocycles. The number of rotatable bonds is 5. The lowest BCUT2D eigenvalue weighted by Gasteiger charge is -2.08. The van der Waals surface area contributed by atoms with Gasteiger partial charge in [0.05, 0.1) is 24.9 Å². The molecule has 0 unspecified atom stereocenters. The van der Waals surface area contributed by atoms with Gasteiger partial charge in [0.15, 0.2) is 0 Å². The summed E-state index contributed by atoms with van der Waals surface area (Å²) in [6.07, 6.45) is 1.44. The SMILES string of the molecule is CC(C)c1ccc(Cn2nncc2CC(=O)O)cc1. The van der Waals surface area contributed by atoms with E-state index in [4.69, 9.17) is 5.11 Å². The number of carboxylic acids is 1. The summed E-state index contributed by atoms with van der Waals surface area (Å²) in [6.45, 7) is 4.84. The lowest BCUT2D eigenvalue weighted by atomic mass is 10.0. The van der Waals surface area contributed by atoms with Gasteiger partial charge in [-0.1, -0.05) is 43.3 Å². The normalized spacial score (nSPS) is 10.9. The van der Waals surface area contributed by atoms with Crippen molar-refractivity contribution in [2.75, 3.05) is 0 Å². The zero-order valence-corrected chi connectivity index (χ0v) is 11.1. The lowest BCUT2D eigenvalue weighted by Crippen LogP contribution is -2.10. The third-order valence-corrected chi connectivity index (χ3v) is 3.01. The van der Waals surface area contributed by atoms with E-state index in [9.17, 15) is 4.79 Å². The van der Waals surface area contributed by atoms with Crippen molar-refractivity contribution >= 4 is 5.97 Å². The number of carbonyl (C=O) groups is 1. The van der Waals surface area contributed by atoms with E-state index in [1.807, 2.05) is 12.1 Å². The minimum atomic E-state index is -0.876. The summed E-state index contributed by atoms with van der Waals surface area (Å²) in [5.41, 5.74) is 2.98. The Kier molecular flexibility index (Phi) is 3.94. The zero-order valence-electron chi connectivity index (χ0n) is 11.1. The summed E-state index contributed by atoms with van der Waals surface area (Å²) >= 11 is 0. The molecule has 0 amide bonds. The molecule has 1 heterocycles. The van der Waals surface area contributed by atoms with Crippen LogP contribution in [0.4, 0.5) is 0 Å². The first-order chi connectivity index (χ1) is 9.06. The van der Waals surface area contributed by atoms with Gasteiger partial charge in [0.1, 0.15) is 0 Å². The van der Waals surface area contributed by atoms with Crippen LogP contribution >= 0.6 is 0 Å². The van der Waals surface area contributed by atoms with Crippen LogP contribution in [0.2, 0.25) is 0 Å². The molecule has 0 atom stereocenters. The molecule has 5 nitrogen and oxygen atoms in total. The van der Waals surface area contributed by atoms with Crippen molar-refractivity contribution in [3.63, 3.8) is 0 Å². The molecule has 19 heavy (non-hydrogen) atoms. The minimum absolute atomic E-state index is 0.0585. The quantitative estimate of drug-likeness (QED) is 0.892. The average Bonchev–Trinajstić information content (AvgIpc) is 2.76. The van der Waals surface area contributed by atoms with Gasteiger partial charge in [0, 0.05) is 0 Å². The molecule has 0 aliphatic carbocycles. The van der Waals surface area contributed by atoms with Crippen molar-refractivity contribution in [2.24, 2.45) is 0 Å². The van der Waals surface area contributed by atoms with Crippen LogP contribution in [0.5, 0.6) is 0 Å². The van der Waals surface area contributed by atoms with E-state index >= 15 is 0 Å². The molecular formula is C14H17N3O2. The topological polar surface area (TPSA) is 68.0 Å². The van der Waals surface area contributed by atoms with Crippen molar-refractivity contribution in [3.05, 3.63) is 47.3 Å². The van der Waals surface area contributed by atoms with Crippen LogP contribution in [0.3, 0.4) is 0 Å². The molecule has 2 aromatic rings. The van der Waals surface area contributed by atoms with Gasteiger partial charge in [0.2, 0.25) is 0 Å². The van der Waals surface area contributed by atoms with Crippen molar-refractivity contribution in [1.29, 1.82) is 0 Å². The molecule has 0 aliphatic heterocycles. The van der Waals surface area contributed by atoms with Gasteiger partial charge in [0.25, 0.3) is 0 Å². The molecule has 1 aromatic heterocycles. The first kappa shape index (κ1) is 13.3. The highest BCUT2D eigenvalue weighted by atomic mass is 16.4. The van der Waals surface area contributed by atoms with Gasteiger partial charge >= 0.3 is 5.97 Å². The van der Waals surface area contributed by atoms with E-state index in [2.05, 4.69) is 36.3 Å². The van der Waals surface area contributed by atoms with Crippen molar-refractivity contribution in [2.45, 2.75) is 32.7 Å². The Morgan fingerprint density at radius 1 is 1.32 bits per heavy atom. The summed E-state index contributed by atoms with van der Waals surface area (Å²) in [5, 5.41) is 16.5. The molecule has 0 radical (unpaired) electrons. The Morgan fingerprint density at radius 2 is 2.00 bits per heavy atom. The molecule has 0 bridgehead atoms. The number of hydrogen-bond donors (Lipinski definition) is 1. The number of aliphatic carboxylic acids is 1. The Labute approximate surface area is 111 Å². The second-order valence-electron chi connectivity index (χ2n) is 4.85. The maximum absolute atomic E-state index is 10.7. The van der Waals surface area contributed by atoms with E-state index in [1.54, 1.807) is 4.68 Å². The third-order valence-electron chi connectivity index (χ3n) is 3.01. The molecule has 1 N–H and O–H groups in total. The number of benzene rings is 1. The van der Waals surface area contributed by atoms with Crippen molar-refractivity contribution in [1.82, 2.24) is 15.0 Å². The third kappa shape index (κ3) is 3.40. The highest BCUT2D eigenvalue weighted by Gasteiger charge is 2.09. The molecule has 1 aromatic carbocycles. The van der Waals surface area contributed by atoms with Gasteiger partial charge in [-0.3, -0.25) is 4.79 Å². The molecule has 0 spiro atoms. The van der Waals surface area contributed by atoms with Gasteiger partial charge in [-0.05, 0) is 17.0 Å². The van der Waals surface area contributed by atoms with E-state index in [0.717, 1.165) is 5.56 Å². The second kappa shape index (κ2) is 5.65. The molecule has 5 heteroatoms. The van der Waals surface area contributed by atoms with Crippen LogP contribution < -0.4 is 0 Å². The molecule has 100 valence electrons. The summed E-state index contributed by atoms with van der Waals surface area (Å²) in [5.74, 6) is -0.373. The number of nitrogens with zero attached hydrogens (tertiary/aromatic N) is 3. The first-order valence-corrected chi connectivity index (χ1v) is 6.24. The zero-order chi connectivity index (χ0) is 13.8. The fourth-order valence-electron chi connectivity index (χ4n) is 1.88. The van der Waals surface area contributed by atoms with E-state index in [1.165, 1.54) is 11.8 Å². The maximum atomic E-state index is 10.7. The fraction of sp³-hybridized carbons (Fsp3) is 0.357. The van der Waals surface area contributed by atoms with Gasteiger partial charge in [-0.25, -0.2) is 4.68 Å². The highest BCUT2D eigenvalue weighted by Crippen LogP contribution is 2.15. The number of carboxylic acid groups (broad SMARTS) is 1. The van der Waals surface area contributed by atoms with Crippen molar-refractivity contribution < 1.29 is 9.90 Å². The Morgan fingerprint density at radius 3 is 2.58 bits per heavy atom. The molecule has 0 fully saturated rings. The standard InChI is InChI=1S/C14H17N3O2/c1-10(2)12-5-3-11(4-6-12)9-17-13(7-14(18)19)8-15-16-17/h3-6,8,10H,7,9H2,1-2H3,(H,18,19). The minimum Gasteiger partial charge on any atom is -0.481 e. The van der Waals surface area contributed by atoms with Crippen molar-refractivity contribution in [3.8, 4) is 0 Å². The van der Waals surface area contributed by atoms with Gasteiger partial charge < -0.3 is 5.11 Å². The highest BCUT2D eigenvalue weighted by molar-refractivity contribution is 5.69. The predicted molar refractivity (Wildman–Crippen MR) is 71.0 cm³/mol. The summed E-state index contributed by atoms with van der Waals surface area (Å²) in [4.78, 5) is 10.7. The molecule has 2 rings (SSSR count). The van der Waals surface area contributed by atoms with Crippen LogP contribution in [0.15, 0.2) is 30.5 Å². The van der Waals surface area contributed by atoms with Crippen LogP contribution in [0.25, 0.3) is 0 Å². The molecule has 0 saturated heterocycles. The Bertz CT molecular complexity index is 558. The summed E-state index contributed by atoms with van der Waals surface area (Å²) in [7, 11) is 0. The van der Waals surface area contributed by atoms with Crippen LogP contribution in [-0.2, 0) is 17.8 Å². The number of aromatic nitrogens is 3. The van der Waals surface area contributed by atoms with Crippen LogP contribution in [0, 0.1) is 0 Å². The predicted octanol–water partition coefficient (Wildman–Crippen LogP) is 2.08. The maximum Gasteiger partial charge on any atom is 0.309 e. The molecule has 0 aliphatic rings. The molecular weight excluding hydrogens is 242 g/mol. The average molecular weight is 259 g/mol. The van der Waals surface area contributed by atoms with Crippen LogP contribution in [0.1, 0.15) is 36.6 Å². The first-order valence-electron chi connectivity index (χ1n) is 6.24. The van der Waals surface area contributed by atoms with Crippen LogP contribution in [-0.4, -0.2) is 26.1 Å². The van der Waals surface area contributed by atoms with E-state index in [0.29, 0.717) is 18.2 Å². The van der Waals surface area contributed by atoms with E-state index in [-0.39, 0.29) is 6.42 Å². The van der Waals surface area contributed by atoms with E-state index < -0.39 is 5.97 Å². The summed E-state index contributed by atoms with van der Waals surface area (Å²) in [6, 6.07) is 8.27. The van der Waals surface area contributed by atoms with Gasteiger partial charge in [-0.2, -0.15) is 0 Å². The smallest absolute Gasteiger partial charge is 0.309 e. The Balaban J connectivity index is 2.12. The van der Waals surface area contributed by atoms with Gasteiger partial charge in [-0.15, -0.1) is 5.10 Å². The summed E-state index contributed by atoms with van der Waals surface area (Å²) < 4.78 is 1.62. The largest absolute Gasteiger partial charge is 0.481 e. The lowest BCUT2D eigenvalue weighted by molar-refractivity contribution is -0.136.